The van der Waals surface area contributed by atoms with Crippen LogP contribution in [0.4, 0.5) is 13.2 Å². The molecule has 0 aliphatic carbocycles. The lowest BCUT2D eigenvalue weighted by Gasteiger charge is -2.09. The van der Waals surface area contributed by atoms with Gasteiger partial charge in [-0.1, -0.05) is 18.7 Å². The van der Waals surface area contributed by atoms with E-state index in [4.69, 9.17) is 10.5 Å². The van der Waals surface area contributed by atoms with Crippen LogP contribution in [0.15, 0.2) is 60.7 Å². The van der Waals surface area contributed by atoms with Gasteiger partial charge in [-0.2, -0.15) is 13.2 Å². The van der Waals surface area contributed by atoms with Gasteiger partial charge < -0.3 is 15.8 Å². The summed E-state index contributed by atoms with van der Waals surface area (Å²) in [7, 11) is 1.51. The van der Waals surface area contributed by atoms with E-state index < -0.39 is 11.7 Å². The smallest absolute Gasteiger partial charge is 0.416 e. The lowest BCUT2D eigenvalue weighted by molar-refractivity contribution is -0.137. The summed E-state index contributed by atoms with van der Waals surface area (Å²) in [5, 5.41) is 3.07. The van der Waals surface area contributed by atoms with Crippen molar-refractivity contribution in [2.75, 3.05) is 13.7 Å². The number of nitrogens with two attached hydrogens (primary N) is 1. The largest absolute Gasteiger partial charge is 0.497 e. The van der Waals surface area contributed by atoms with E-state index in [0.29, 0.717) is 24.4 Å². The zero-order chi connectivity index (χ0) is 16.6. The van der Waals surface area contributed by atoms with Crippen molar-refractivity contribution in [3.8, 4) is 0 Å². The quantitative estimate of drug-likeness (QED) is 0.599. The summed E-state index contributed by atoms with van der Waals surface area (Å²) in [6.45, 7) is 4.18. The summed E-state index contributed by atoms with van der Waals surface area (Å²) in [6, 6.07) is 5.10. The van der Waals surface area contributed by atoms with Crippen molar-refractivity contribution in [3.63, 3.8) is 0 Å². The van der Waals surface area contributed by atoms with Crippen LogP contribution in [0.25, 0.3) is 0 Å². The van der Waals surface area contributed by atoms with Crippen LogP contribution >= 0.6 is 0 Å². The maximum atomic E-state index is 12.4. The third-order valence-electron chi connectivity index (χ3n) is 2.91. The fraction of sp³-hybridized carbons (Fsp3) is 0.250. The number of nitrogens with one attached hydrogen (secondary N) is 1. The van der Waals surface area contributed by atoms with E-state index in [0.717, 1.165) is 17.7 Å². The van der Waals surface area contributed by atoms with Gasteiger partial charge in [-0.25, -0.2) is 0 Å². The van der Waals surface area contributed by atoms with Crippen LogP contribution in [0.2, 0.25) is 0 Å². The average Bonchev–Trinajstić information content (AvgIpc) is 2.49. The fourth-order valence-electron chi connectivity index (χ4n) is 1.64. The Morgan fingerprint density at radius 1 is 1.27 bits per heavy atom. The van der Waals surface area contributed by atoms with Gasteiger partial charge in [0.2, 0.25) is 0 Å². The number of ether oxygens (including phenoxy) is 1. The van der Waals surface area contributed by atoms with E-state index in [1.54, 1.807) is 12.2 Å². The molecular weight excluding hydrogens is 293 g/mol. The van der Waals surface area contributed by atoms with Crippen molar-refractivity contribution < 1.29 is 17.9 Å². The predicted molar refractivity (Wildman–Crippen MR) is 80.7 cm³/mol. The normalized spacial score (nSPS) is 12.5. The molecule has 120 valence electrons. The minimum atomic E-state index is -4.30. The van der Waals surface area contributed by atoms with Crippen LogP contribution in [-0.2, 0) is 17.3 Å². The van der Waals surface area contributed by atoms with Gasteiger partial charge in [0.05, 0.1) is 12.7 Å². The number of halogens is 3. The molecule has 1 rings (SSSR count). The zero-order valence-corrected chi connectivity index (χ0v) is 12.3. The molecule has 6 heteroatoms. The molecule has 0 aliphatic rings. The number of allylic oxidation sites excluding steroid dienone is 2. The Morgan fingerprint density at radius 3 is 2.41 bits per heavy atom. The molecule has 0 aliphatic heterocycles. The summed E-state index contributed by atoms with van der Waals surface area (Å²) in [5.74, 6) is 0.490. The second-order valence-corrected chi connectivity index (χ2v) is 4.50. The number of alkyl halides is 3. The number of hydrogen-bond donors (Lipinski definition) is 2. The maximum Gasteiger partial charge on any atom is 0.416 e. The Kier molecular flexibility index (Phi) is 6.56. The van der Waals surface area contributed by atoms with Gasteiger partial charge in [0.15, 0.2) is 0 Å². The van der Waals surface area contributed by atoms with Crippen LogP contribution in [-0.4, -0.2) is 13.7 Å². The molecule has 1 aromatic rings. The Bertz CT molecular complexity index is 546. The number of benzene rings is 1. The van der Waals surface area contributed by atoms with E-state index >= 15 is 0 Å². The monoisotopic (exact) mass is 312 g/mol. The fourth-order valence-corrected chi connectivity index (χ4v) is 1.64. The van der Waals surface area contributed by atoms with Crippen LogP contribution in [0.3, 0.4) is 0 Å². The molecule has 3 nitrogen and oxygen atoms in total. The molecule has 0 bridgehead atoms. The van der Waals surface area contributed by atoms with Gasteiger partial charge in [-0.05, 0) is 36.3 Å². The Balaban J connectivity index is 2.49. The molecule has 0 radical (unpaired) electrons. The van der Waals surface area contributed by atoms with Gasteiger partial charge in [-0.3, -0.25) is 0 Å². The Hall–Kier alpha value is -2.37. The lowest BCUT2D eigenvalue weighted by Crippen LogP contribution is -2.16. The number of rotatable bonds is 7. The molecular formula is C16H19F3N2O. The predicted octanol–water partition coefficient (Wildman–Crippen LogP) is 3.35. The third-order valence-corrected chi connectivity index (χ3v) is 2.91. The second kappa shape index (κ2) is 8.17. The first-order valence-corrected chi connectivity index (χ1v) is 6.59. The third kappa shape index (κ3) is 5.95. The lowest BCUT2D eigenvalue weighted by atomic mass is 10.1. The first-order valence-electron chi connectivity index (χ1n) is 6.59. The molecule has 0 fully saturated rings. The molecule has 0 saturated carbocycles. The average molecular weight is 312 g/mol. The van der Waals surface area contributed by atoms with Crippen molar-refractivity contribution >= 4 is 0 Å². The highest BCUT2D eigenvalue weighted by molar-refractivity contribution is 5.25. The molecule has 0 amide bonds. The highest BCUT2D eigenvalue weighted by atomic mass is 19.4. The summed E-state index contributed by atoms with van der Waals surface area (Å²) < 4.78 is 42.2. The SMILES string of the molecule is C=C(/C=C\C(=C/N)NCCc1ccc(C(F)(F)F)cc1)OC. The van der Waals surface area contributed by atoms with Crippen LogP contribution in [0.5, 0.6) is 0 Å². The second-order valence-electron chi connectivity index (χ2n) is 4.50. The minimum absolute atomic E-state index is 0.490. The summed E-state index contributed by atoms with van der Waals surface area (Å²) >= 11 is 0. The minimum Gasteiger partial charge on any atom is -0.497 e. The maximum absolute atomic E-state index is 12.4. The molecule has 0 saturated heterocycles. The number of methoxy groups -OCH3 is 1. The Morgan fingerprint density at radius 2 is 1.91 bits per heavy atom. The van der Waals surface area contributed by atoms with Crippen molar-refractivity contribution in [2.24, 2.45) is 5.73 Å². The van der Waals surface area contributed by atoms with E-state index in [1.807, 2.05) is 0 Å². The van der Waals surface area contributed by atoms with E-state index in [9.17, 15) is 13.2 Å². The summed E-state index contributed by atoms with van der Waals surface area (Å²) in [6.07, 6.45) is 1.03. The first kappa shape index (κ1) is 17.7. The molecule has 3 N–H and O–H groups in total. The van der Waals surface area contributed by atoms with Gasteiger partial charge >= 0.3 is 6.18 Å². The Labute approximate surface area is 128 Å². The molecule has 22 heavy (non-hydrogen) atoms. The standard InChI is InChI=1S/C16H19F3N2O/c1-12(22-2)3-8-15(11-20)21-10-9-13-4-6-14(7-5-13)16(17,18)19/h3-8,11,21H,1,9-10,20H2,2H3/b8-3-,15-11+. The molecule has 0 heterocycles. The van der Waals surface area contributed by atoms with Crippen LogP contribution in [0, 0.1) is 0 Å². The van der Waals surface area contributed by atoms with Crippen molar-refractivity contribution in [1.82, 2.24) is 5.32 Å². The molecule has 0 aromatic heterocycles. The van der Waals surface area contributed by atoms with E-state index in [1.165, 1.54) is 25.4 Å². The molecule has 0 unspecified atom stereocenters. The molecule has 0 atom stereocenters. The van der Waals surface area contributed by atoms with Crippen molar-refractivity contribution in [3.05, 3.63) is 71.8 Å². The molecule has 1 aromatic carbocycles. The van der Waals surface area contributed by atoms with Crippen molar-refractivity contribution in [1.29, 1.82) is 0 Å². The van der Waals surface area contributed by atoms with Gasteiger partial charge in [0.25, 0.3) is 0 Å². The summed E-state index contributed by atoms with van der Waals surface area (Å²) in [4.78, 5) is 0. The van der Waals surface area contributed by atoms with Gasteiger partial charge in [-0.15, -0.1) is 0 Å². The van der Waals surface area contributed by atoms with E-state index in [2.05, 4.69) is 11.9 Å². The highest BCUT2D eigenvalue weighted by Crippen LogP contribution is 2.29. The number of hydrogen-bond acceptors (Lipinski definition) is 3. The highest BCUT2D eigenvalue weighted by Gasteiger charge is 2.29. The molecule has 0 spiro atoms. The van der Waals surface area contributed by atoms with E-state index in [-0.39, 0.29) is 0 Å². The summed E-state index contributed by atoms with van der Waals surface area (Å²) in [5.41, 5.74) is 6.31. The first-order chi connectivity index (χ1) is 10.4. The van der Waals surface area contributed by atoms with Crippen LogP contribution in [0.1, 0.15) is 11.1 Å². The van der Waals surface area contributed by atoms with Gasteiger partial charge in [0.1, 0.15) is 5.76 Å². The zero-order valence-electron chi connectivity index (χ0n) is 12.3. The van der Waals surface area contributed by atoms with Crippen LogP contribution < -0.4 is 11.1 Å². The van der Waals surface area contributed by atoms with Gasteiger partial charge in [0, 0.05) is 18.4 Å². The topological polar surface area (TPSA) is 47.3 Å². The van der Waals surface area contributed by atoms with Crippen molar-refractivity contribution in [2.45, 2.75) is 12.6 Å².